The average molecular weight is 384 g/mol. The Kier molecular flexibility index (Phi) is 3.94. The van der Waals surface area contributed by atoms with E-state index in [1.807, 2.05) is 18.2 Å². The highest BCUT2D eigenvalue weighted by atomic mass is 16.3. The lowest BCUT2D eigenvalue weighted by Gasteiger charge is -2.05. The zero-order chi connectivity index (χ0) is 19.8. The first kappa shape index (κ1) is 16.9. The van der Waals surface area contributed by atoms with Gasteiger partial charge in [0.2, 0.25) is 5.95 Å². The molecule has 0 bridgehead atoms. The van der Waals surface area contributed by atoms with Crippen molar-refractivity contribution in [1.82, 2.24) is 19.9 Å². The maximum Gasteiger partial charge on any atom is 0.255 e. The first-order chi connectivity index (χ1) is 14.1. The molecule has 3 N–H and O–H groups in total. The van der Waals surface area contributed by atoms with E-state index in [-0.39, 0.29) is 5.91 Å². The van der Waals surface area contributed by atoms with Crippen LogP contribution in [0.3, 0.4) is 0 Å². The number of rotatable bonds is 4. The summed E-state index contributed by atoms with van der Waals surface area (Å²) in [6.45, 7) is 1.79. The number of anilines is 3. The summed E-state index contributed by atoms with van der Waals surface area (Å²) in [4.78, 5) is 28.8. The van der Waals surface area contributed by atoms with Gasteiger partial charge in [-0.1, -0.05) is 6.07 Å². The van der Waals surface area contributed by atoms with E-state index < -0.39 is 0 Å². The van der Waals surface area contributed by atoms with Crippen LogP contribution in [0.2, 0.25) is 0 Å². The van der Waals surface area contributed by atoms with Crippen LogP contribution in [-0.4, -0.2) is 25.8 Å². The molecular formula is C21H16N6O2. The van der Waals surface area contributed by atoms with Crippen molar-refractivity contribution in [2.75, 3.05) is 10.6 Å². The highest BCUT2D eigenvalue weighted by Gasteiger charge is 2.11. The number of H-pyrrole nitrogens is 1. The Hall–Kier alpha value is -4.20. The molecule has 0 saturated heterocycles. The highest BCUT2D eigenvalue weighted by molar-refractivity contribution is 6.06. The fourth-order valence-electron chi connectivity index (χ4n) is 3.09. The largest absolute Gasteiger partial charge is 0.441 e. The quantitative estimate of drug-likeness (QED) is 0.424. The van der Waals surface area contributed by atoms with Crippen LogP contribution in [0.1, 0.15) is 16.2 Å². The second-order valence-corrected chi connectivity index (χ2v) is 6.53. The third kappa shape index (κ3) is 3.39. The van der Waals surface area contributed by atoms with Crippen LogP contribution >= 0.6 is 0 Å². The lowest BCUT2D eigenvalue weighted by molar-refractivity contribution is 0.102. The maximum atomic E-state index is 12.7. The van der Waals surface area contributed by atoms with Gasteiger partial charge < -0.3 is 20.0 Å². The number of aryl methyl sites for hydroxylation is 1. The summed E-state index contributed by atoms with van der Waals surface area (Å²) in [6.07, 6.45) is 1.70. The predicted molar refractivity (Wildman–Crippen MR) is 110 cm³/mol. The molecule has 0 fully saturated rings. The number of benzene rings is 2. The monoisotopic (exact) mass is 384 g/mol. The first-order valence-electron chi connectivity index (χ1n) is 9.00. The van der Waals surface area contributed by atoms with Gasteiger partial charge in [0.1, 0.15) is 11.3 Å². The molecule has 0 radical (unpaired) electrons. The summed E-state index contributed by atoms with van der Waals surface area (Å²) in [5, 5.41) is 6.00. The van der Waals surface area contributed by atoms with Crippen molar-refractivity contribution in [3.05, 3.63) is 72.2 Å². The summed E-state index contributed by atoms with van der Waals surface area (Å²) >= 11 is 0. The number of carbonyl (C=O) groups is 1. The number of nitrogens with one attached hydrogen (secondary N) is 3. The lowest BCUT2D eigenvalue weighted by atomic mass is 10.2. The fourth-order valence-corrected chi connectivity index (χ4v) is 3.09. The summed E-state index contributed by atoms with van der Waals surface area (Å²) in [5.74, 6) is 1.61. The normalized spacial score (nSPS) is 11.1. The Bertz CT molecular complexity index is 1340. The average Bonchev–Trinajstić information content (AvgIpc) is 3.29. The Morgan fingerprint density at radius 2 is 1.97 bits per heavy atom. The summed E-state index contributed by atoms with van der Waals surface area (Å²) in [5.41, 5.74) is 4.06. The van der Waals surface area contributed by atoms with E-state index in [1.54, 1.807) is 49.5 Å². The van der Waals surface area contributed by atoms with Crippen molar-refractivity contribution >= 4 is 45.5 Å². The van der Waals surface area contributed by atoms with Crippen LogP contribution in [0.15, 0.2) is 65.2 Å². The van der Waals surface area contributed by atoms with E-state index in [2.05, 4.69) is 30.6 Å². The molecule has 1 amide bonds. The molecule has 142 valence electrons. The number of nitrogens with zero attached hydrogens (tertiary/aromatic N) is 3. The maximum absolute atomic E-state index is 12.7. The van der Waals surface area contributed by atoms with Gasteiger partial charge in [0.05, 0.1) is 11.0 Å². The molecule has 8 heteroatoms. The van der Waals surface area contributed by atoms with Crippen molar-refractivity contribution in [3.8, 4) is 0 Å². The van der Waals surface area contributed by atoms with E-state index in [0.29, 0.717) is 40.0 Å². The summed E-state index contributed by atoms with van der Waals surface area (Å²) in [6, 6.07) is 16.2. The van der Waals surface area contributed by atoms with Crippen molar-refractivity contribution in [1.29, 1.82) is 0 Å². The van der Waals surface area contributed by atoms with Gasteiger partial charge in [-0.15, -0.1) is 0 Å². The summed E-state index contributed by atoms with van der Waals surface area (Å²) < 4.78 is 5.46. The third-order valence-corrected chi connectivity index (χ3v) is 4.41. The van der Waals surface area contributed by atoms with Crippen LogP contribution in [0, 0.1) is 6.92 Å². The second-order valence-electron chi connectivity index (χ2n) is 6.53. The molecule has 0 spiro atoms. The molecule has 5 rings (SSSR count). The number of oxazole rings is 1. The molecule has 3 heterocycles. The van der Waals surface area contributed by atoms with Gasteiger partial charge >= 0.3 is 0 Å². The predicted octanol–water partition coefficient (Wildman–Crippen LogP) is 4.40. The van der Waals surface area contributed by atoms with Crippen LogP contribution in [-0.2, 0) is 0 Å². The number of imidazole rings is 1. The zero-order valence-electron chi connectivity index (χ0n) is 15.4. The van der Waals surface area contributed by atoms with Crippen molar-refractivity contribution in [2.45, 2.75) is 6.92 Å². The minimum Gasteiger partial charge on any atom is -0.441 e. The number of aromatic nitrogens is 4. The van der Waals surface area contributed by atoms with Gasteiger partial charge in [0.15, 0.2) is 11.5 Å². The number of carbonyl (C=O) groups excluding carboxylic acids is 1. The molecule has 3 aromatic heterocycles. The molecule has 0 atom stereocenters. The van der Waals surface area contributed by atoms with Crippen molar-refractivity contribution < 1.29 is 9.21 Å². The van der Waals surface area contributed by atoms with Gasteiger partial charge in [0.25, 0.3) is 5.91 Å². The Labute approximate surface area is 165 Å². The number of aromatic amines is 1. The molecule has 0 saturated carbocycles. The zero-order valence-corrected chi connectivity index (χ0v) is 15.4. The van der Waals surface area contributed by atoms with E-state index in [9.17, 15) is 4.79 Å². The van der Waals surface area contributed by atoms with Crippen LogP contribution in [0.25, 0.3) is 22.1 Å². The van der Waals surface area contributed by atoms with E-state index in [0.717, 1.165) is 11.0 Å². The molecule has 0 aliphatic rings. The second kappa shape index (κ2) is 6.75. The number of hydrogen-bond donors (Lipinski definition) is 3. The van der Waals surface area contributed by atoms with Crippen molar-refractivity contribution in [3.63, 3.8) is 0 Å². The summed E-state index contributed by atoms with van der Waals surface area (Å²) in [7, 11) is 0. The van der Waals surface area contributed by atoms with Gasteiger partial charge in [-0.2, -0.15) is 0 Å². The van der Waals surface area contributed by atoms with Crippen LogP contribution in [0.4, 0.5) is 17.5 Å². The first-order valence-corrected chi connectivity index (χ1v) is 9.00. The van der Waals surface area contributed by atoms with E-state index in [4.69, 9.17) is 4.42 Å². The number of amides is 1. The standard InChI is InChI=1S/C21H16N6O2/c1-12-23-17-11-14(6-8-18(17)29-12)24-20(28)13-5-7-15-16(10-13)26-21(25-15)27-19-4-2-3-9-22-19/h2-11H,1H3,(H,24,28)(H2,22,25,26,27). The molecule has 2 aromatic carbocycles. The van der Waals surface area contributed by atoms with Crippen LogP contribution < -0.4 is 10.6 Å². The molecular weight excluding hydrogens is 368 g/mol. The minimum absolute atomic E-state index is 0.222. The highest BCUT2D eigenvalue weighted by Crippen LogP contribution is 2.22. The third-order valence-electron chi connectivity index (χ3n) is 4.41. The topological polar surface area (TPSA) is 109 Å². The van der Waals surface area contributed by atoms with Gasteiger partial charge in [-0.05, 0) is 48.5 Å². The van der Waals surface area contributed by atoms with Crippen LogP contribution in [0.5, 0.6) is 0 Å². The smallest absolute Gasteiger partial charge is 0.255 e. The van der Waals surface area contributed by atoms with E-state index in [1.165, 1.54) is 0 Å². The Morgan fingerprint density at radius 3 is 2.83 bits per heavy atom. The molecule has 0 aliphatic heterocycles. The van der Waals surface area contributed by atoms with Gasteiger partial charge in [0, 0.05) is 24.4 Å². The Morgan fingerprint density at radius 1 is 1.03 bits per heavy atom. The number of hydrogen-bond acceptors (Lipinski definition) is 6. The number of fused-ring (bicyclic) bond motifs is 2. The molecule has 0 unspecified atom stereocenters. The minimum atomic E-state index is -0.222. The number of pyridine rings is 1. The van der Waals surface area contributed by atoms with Crippen molar-refractivity contribution in [2.24, 2.45) is 0 Å². The molecule has 0 aliphatic carbocycles. The lowest BCUT2D eigenvalue weighted by Crippen LogP contribution is -2.11. The van der Waals surface area contributed by atoms with Gasteiger partial charge in [-0.25, -0.2) is 15.0 Å². The van der Waals surface area contributed by atoms with E-state index >= 15 is 0 Å². The molecule has 29 heavy (non-hydrogen) atoms. The molecule has 5 aromatic rings. The fraction of sp³-hybridized carbons (Fsp3) is 0.0476. The van der Waals surface area contributed by atoms with Gasteiger partial charge in [-0.3, -0.25) is 4.79 Å². The molecule has 8 nitrogen and oxygen atoms in total. The Balaban J connectivity index is 1.38. The SMILES string of the molecule is Cc1nc2cc(NC(=O)c3ccc4nc(Nc5ccccn5)[nH]c4c3)ccc2o1.